The number of benzene rings is 3. The number of anilines is 1. The van der Waals surface area contributed by atoms with Crippen LogP contribution in [-0.4, -0.2) is 26.5 Å². The van der Waals surface area contributed by atoms with E-state index in [1.807, 2.05) is 36.4 Å². The van der Waals surface area contributed by atoms with Gasteiger partial charge in [0.05, 0.1) is 16.6 Å². The molecule has 2 N–H and O–H groups in total. The molecule has 0 radical (unpaired) electrons. The Morgan fingerprint density at radius 3 is 2.34 bits per heavy atom. The van der Waals surface area contributed by atoms with Crippen LogP contribution in [0.15, 0.2) is 66.7 Å². The molecular formula is C38H45N3O3. The van der Waals surface area contributed by atoms with Crippen molar-refractivity contribution in [2.24, 2.45) is 17.8 Å². The van der Waals surface area contributed by atoms with Gasteiger partial charge in [-0.1, -0.05) is 87.9 Å². The maximum atomic E-state index is 13.4. The summed E-state index contributed by atoms with van der Waals surface area (Å²) in [4.78, 5) is 30.1. The van der Waals surface area contributed by atoms with E-state index in [1.54, 1.807) is 12.1 Å². The number of hydrogen-bond donors (Lipinski definition) is 2. The van der Waals surface area contributed by atoms with Gasteiger partial charge in [0, 0.05) is 24.6 Å². The zero-order valence-corrected chi connectivity index (χ0v) is 25.9. The van der Waals surface area contributed by atoms with Crippen LogP contribution in [-0.2, 0) is 17.8 Å². The van der Waals surface area contributed by atoms with E-state index in [2.05, 4.69) is 35.0 Å². The van der Waals surface area contributed by atoms with E-state index in [9.17, 15) is 14.7 Å². The van der Waals surface area contributed by atoms with E-state index in [0.717, 1.165) is 77.6 Å². The van der Waals surface area contributed by atoms with Crippen LogP contribution < -0.4 is 5.32 Å². The number of carbonyl (C=O) groups is 2. The molecule has 0 unspecified atom stereocenters. The molecule has 6 heteroatoms. The number of aromatic carboxylic acids is 1. The summed E-state index contributed by atoms with van der Waals surface area (Å²) in [5.41, 5.74) is 5.81. The van der Waals surface area contributed by atoms with Gasteiger partial charge in [-0.3, -0.25) is 4.79 Å². The molecule has 1 aromatic heterocycles. The minimum atomic E-state index is -0.926. The summed E-state index contributed by atoms with van der Waals surface area (Å²) in [6.07, 6.45) is 14.4. The molecule has 230 valence electrons. The van der Waals surface area contributed by atoms with Gasteiger partial charge in [-0.15, -0.1) is 0 Å². The molecule has 0 aliphatic heterocycles. The van der Waals surface area contributed by atoms with Gasteiger partial charge in [-0.25, -0.2) is 9.78 Å². The molecule has 0 bridgehead atoms. The Bertz CT molecular complexity index is 1590. The Labute approximate surface area is 260 Å². The number of aromatic nitrogens is 2. The Balaban J connectivity index is 1.18. The maximum absolute atomic E-state index is 13.4. The smallest absolute Gasteiger partial charge is 0.336 e. The number of fused-ring (bicyclic) bond motifs is 1. The number of rotatable bonds is 10. The van der Waals surface area contributed by atoms with Crippen LogP contribution in [0.4, 0.5) is 5.69 Å². The average Bonchev–Trinajstić information content (AvgIpc) is 3.40. The van der Waals surface area contributed by atoms with E-state index in [4.69, 9.17) is 4.98 Å². The molecule has 6 rings (SSSR count). The number of carboxylic acid groups (broad SMARTS) is 1. The molecule has 1 amide bonds. The standard InChI is InChI=1S/C38H45N3O3/c1-2-3-13-36-40-34-23-22-31(39-37(42)30-20-18-28(19-21-30)27-9-5-4-6-10-27)24-35(34)41(36)25-26-14-16-29(17-15-26)32-11-7-8-12-33(32)38(43)44/h7-8,11-12,14-17,22-24,27-28,30H,2-6,9-10,13,18-21,25H2,1H3,(H,39,42)(H,43,44). The number of carboxylic acids is 1. The number of imidazole rings is 1. The van der Waals surface area contributed by atoms with E-state index in [1.165, 1.54) is 44.9 Å². The highest BCUT2D eigenvalue weighted by atomic mass is 16.4. The molecule has 2 fully saturated rings. The monoisotopic (exact) mass is 591 g/mol. The third-order valence-corrected chi connectivity index (χ3v) is 10.1. The predicted molar refractivity (Wildman–Crippen MR) is 177 cm³/mol. The van der Waals surface area contributed by atoms with Crippen molar-refractivity contribution < 1.29 is 14.7 Å². The van der Waals surface area contributed by atoms with Crippen molar-refractivity contribution in [3.63, 3.8) is 0 Å². The van der Waals surface area contributed by atoms with Crippen molar-refractivity contribution in [2.45, 2.75) is 90.5 Å². The lowest BCUT2D eigenvalue weighted by atomic mass is 9.71. The Kier molecular flexibility index (Phi) is 9.44. The minimum Gasteiger partial charge on any atom is -0.478 e. The normalized spacial score (nSPS) is 19.2. The molecule has 0 spiro atoms. The first kappa shape index (κ1) is 30.1. The van der Waals surface area contributed by atoms with Gasteiger partial charge in [-0.05, 0) is 84.9 Å². The maximum Gasteiger partial charge on any atom is 0.336 e. The van der Waals surface area contributed by atoms with Gasteiger partial charge in [0.2, 0.25) is 5.91 Å². The van der Waals surface area contributed by atoms with Crippen molar-refractivity contribution in [3.8, 4) is 11.1 Å². The second kappa shape index (κ2) is 13.8. The highest BCUT2D eigenvalue weighted by molar-refractivity contribution is 5.96. The largest absolute Gasteiger partial charge is 0.478 e. The first-order valence-corrected chi connectivity index (χ1v) is 16.7. The number of nitrogens with zero attached hydrogens (tertiary/aromatic N) is 2. The zero-order valence-electron chi connectivity index (χ0n) is 25.9. The summed E-state index contributed by atoms with van der Waals surface area (Å²) in [5, 5.41) is 12.9. The fourth-order valence-corrected chi connectivity index (χ4v) is 7.55. The first-order chi connectivity index (χ1) is 21.5. The summed E-state index contributed by atoms with van der Waals surface area (Å²) in [7, 11) is 0. The molecule has 2 aliphatic rings. The van der Waals surface area contributed by atoms with Gasteiger partial charge in [-0.2, -0.15) is 0 Å². The van der Waals surface area contributed by atoms with E-state index < -0.39 is 5.97 Å². The fraction of sp³-hybridized carbons (Fsp3) is 0.447. The molecule has 44 heavy (non-hydrogen) atoms. The highest BCUT2D eigenvalue weighted by Gasteiger charge is 2.31. The molecule has 0 atom stereocenters. The van der Waals surface area contributed by atoms with Gasteiger partial charge < -0.3 is 15.0 Å². The number of hydrogen-bond acceptors (Lipinski definition) is 3. The lowest BCUT2D eigenvalue weighted by molar-refractivity contribution is -0.121. The molecule has 4 aromatic rings. The third kappa shape index (κ3) is 6.74. The SMILES string of the molecule is CCCCc1nc2ccc(NC(=O)C3CCC(C4CCCCC4)CC3)cc2n1Cc1ccc(-c2ccccc2C(=O)O)cc1. The van der Waals surface area contributed by atoms with Crippen molar-refractivity contribution in [1.29, 1.82) is 0 Å². The van der Waals surface area contributed by atoms with Crippen molar-refractivity contribution in [1.82, 2.24) is 9.55 Å². The minimum absolute atomic E-state index is 0.0975. The summed E-state index contributed by atoms with van der Waals surface area (Å²) in [6, 6.07) is 21.3. The van der Waals surface area contributed by atoms with E-state index >= 15 is 0 Å². The first-order valence-electron chi connectivity index (χ1n) is 16.7. The molecule has 2 aliphatic carbocycles. The van der Waals surface area contributed by atoms with Crippen LogP contribution >= 0.6 is 0 Å². The Morgan fingerprint density at radius 2 is 1.61 bits per heavy atom. The van der Waals surface area contributed by atoms with Crippen molar-refractivity contribution in [2.75, 3.05) is 5.32 Å². The van der Waals surface area contributed by atoms with Crippen molar-refractivity contribution in [3.05, 3.63) is 83.7 Å². The lowest BCUT2D eigenvalue weighted by Crippen LogP contribution is -2.30. The molecule has 2 saturated carbocycles. The fourth-order valence-electron chi connectivity index (χ4n) is 7.55. The highest BCUT2D eigenvalue weighted by Crippen LogP contribution is 2.40. The molecular weight excluding hydrogens is 546 g/mol. The van der Waals surface area contributed by atoms with E-state index in [-0.39, 0.29) is 11.8 Å². The lowest BCUT2D eigenvalue weighted by Gasteiger charge is -2.35. The summed E-state index contributed by atoms with van der Waals surface area (Å²) in [6.45, 7) is 2.84. The van der Waals surface area contributed by atoms with Crippen LogP contribution in [0.5, 0.6) is 0 Å². The second-order valence-electron chi connectivity index (χ2n) is 13.0. The van der Waals surface area contributed by atoms with Gasteiger partial charge >= 0.3 is 5.97 Å². The number of unbranched alkanes of at least 4 members (excludes halogenated alkanes) is 1. The Hall–Kier alpha value is -3.93. The summed E-state index contributed by atoms with van der Waals surface area (Å²) < 4.78 is 2.27. The van der Waals surface area contributed by atoms with Crippen LogP contribution in [0, 0.1) is 17.8 Å². The predicted octanol–water partition coefficient (Wildman–Crippen LogP) is 9.12. The zero-order chi connectivity index (χ0) is 30.5. The molecule has 6 nitrogen and oxygen atoms in total. The van der Waals surface area contributed by atoms with Crippen LogP contribution in [0.1, 0.15) is 99.3 Å². The van der Waals surface area contributed by atoms with Gasteiger partial charge in [0.15, 0.2) is 0 Å². The number of amides is 1. The quantitative estimate of drug-likeness (QED) is 0.193. The Morgan fingerprint density at radius 1 is 0.886 bits per heavy atom. The van der Waals surface area contributed by atoms with Crippen molar-refractivity contribution >= 4 is 28.6 Å². The second-order valence-corrected chi connectivity index (χ2v) is 13.0. The third-order valence-electron chi connectivity index (χ3n) is 10.1. The van der Waals surface area contributed by atoms with Crippen LogP contribution in [0.25, 0.3) is 22.2 Å². The summed E-state index contributed by atoms with van der Waals surface area (Å²) in [5.74, 6) is 2.07. The van der Waals surface area contributed by atoms with Crippen LogP contribution in [0.2, 0.25) is 0 Å². The molecule has 1 heterocycles. The molecule has 0 saturated heterocycles. The van der Waals surface area contributed by atoms with Gasteiger partial charge in [0.25, 0.3) is 0 Å². The van der Waals surface area contributed by atoms with Gasteiger partial charge in [0.1, 0.15) is 5.82 Å². The number of aryl methyl sites for hydroxylation is 1. The summed E-state index contributed by atoms with van der Waals surface area (Å²) >= 11 is 0. The van der Waals surface area contributed by atoms with Crippen LogP contribution in [0.3, 0.4) is 0 Å². The topological polar surface area (TPSA) is 84.2 Å². The van der Waals surface area contributed by atoms with E-state index in [0.29, 0.717) is 17.7 Å². The number of carbonyl (C=O) groups excluding carboxylic acids is 1. The molecule has 3 aromatic carbocycles. The number of nitrogens with one attached hydrogen (secondary N) is 1. The average molecular weight is 592 g/mol.